The Hall–Kier alpha value is -2.15. The number of aliphatic carboxylic acids is 1. The normalized spacial score (nSPS) is 10.3. The number of carbonyl (C=O) groups excluding carboxylic acids is 1. The number of carboxylic acid groups (broad SMARTS) is 1. The fourth-order valence-corrected chi connectivity index (χ4v) is 2.24. The maximum absolute atomic E-state index is 12.0. The lowest BCUT2D eigenvalue weighted by Crippen LogP contribution is -2.25. The number of unbranched alkanes of at least 4 members (excludes halogenated alkanes) is 4. The third-order valence-electron chi connectivity index (χ3n) is 3.25. The summed E-state index contributed by atoms with van der Waals surface area (Å²) in [5.41, 5.74) is -0.329. The van der Waals surface area contributed by atoms with Crippen LogP contribution in [0.1, 0.15) is 48.9 Å². The molecule has 0 radical (unpaired) electrons. The summed E-state index contributed by atoms with van der Waals surface area (Å²) in [6.45, 7) is 0.414. The summed E-state index contributed by atoms with van der Waals surface area (Å²) < 4.78 is 0. The number of nitrogens with one attached hydrogen (secondary N) is 1. The van der Waals surface area contributed by atoms with Crippen LogP contribution in [0.2, 0.25) is 5.02 Å². The van der Waals surface area contributed by atoms with Gasteiger partial charge >= 0.3 is 5.97 Å². The summed E-state index contributed by atoms with van der Waals surface area (Å²) in [4.78, 5) is 32.6. The van der Waals surface area contributed by atoms with Crippen LogP contribution in [0.5, 0.6) is 0 Å². The molecule has 0 bridgehead atoms. The number of nitrogens with zero attached hydrogens (tertiary/aromatic N) is 1. The molecular formula is C15H19ClN2O5. The molecule has 1 aromatic rings. The van der Waals surface area contributed by atoms with Crippen LogP contribution in [-0.2, 0) is 4.79 Å². The molecule has 23 heavy (non-hydrogen) atoms. The van der Waals surface area contributed by atoms with Crippen LogP contribution in [0.15, 0.2) is 18.2 Å². The van der Waals surface area contributed by atoms with Crippen molar-refractivity contribution in [1.82, 2.24) is 5.32 Å². The van der Waals surface area contributed by atoms with Gasteiger partial charge in [-0.3, -0.25) is 19.7 Å². The number of carboxylic acids is 1. The highest BCUT2D eigenvalue weighted by atomic mass is 35.5. The summed E-state index contributed by atoms with van der Waals surface area (Å²) in [5, 5.41) is 22.3. The predicted molar refractivity (Wildman–Crippen MR) is 85.8 cm³/mol. The SMILES string of the molecule is O=C(O)CCCCCCCNC(=O)c1ccc(Cl)cc1[N+](=O)[O-]. The second-order valence-corrected chi connectivity index (χ2v) is 5.52. The molecule has 8 heteroatoms. The zero-order valence-electron chi connectivity index (χ0n) is 12.6. The molecule has 0 saturated carbocycles. The minimum atomic E-state index is -0.790. The van der Waals surface area contributed by atoms with Crippen molar-refractivity contribution in [1.29, 1.82) is 0 Å². The third kappa shape index (κ3) is 7.10. The van der Waals surface area contributed by atoms with Crippen molar-refractivity contribution in [3.63, 3.8) is 0 Å². The second kappa shape index (κ2) is 9.78. The number of hydrogen-bond acceptors (Lipinski definition) is 4. The standard InChI is InChI=1S/C15H19ClN2O5/c16-11-7-8-12(13(10-11)18(22)23)15(21)17-9-5-3-1-2-4-6-14(19)20/h7-8,10H,1-6,9H2,(H,17,21)(H,19,20). The second-order valence-electron chi connectivity index (χ2n) is 5.09. The van der Waals surface area contributed by atoms with Crippen molar-refractivity contribution in [3.05, 3.63) is 38.9 Å². The summed E-state index contributed by atoms with van der Waals surface area (Å²) in [5.74, 6) is -1.29. The molecule has 7 nitrogen and oxygen atoms in total. The maximum atomic E-state index is 12.0. The van der Waals surface area contributed by atoms with Crippen LogP contribution < -0.4 is 5.32 Å². The van der Waals surface area contributed by atoms with Gasteiger partial charge in [-0.1, -0.05) is 30.9 Å². The molecule has 0 aliphatic heterocycles. The highest BCUT2D eigenvalue weighted by Crippen LogP contribution is 2.23. The fourth-order valence-electron chi connectivity index (χ4n) is 2.08. The smallest absolute Gasteiger partial charge is 0.303 e. The van der Waals surface area contributed by atoms with E-state index in [0.717, 1.165) is 31.7 Å². The van der Waals surface area contributed by atoms with E-state index < -0.39 is 16.8 Å². The molecule has 0 aliphatic rings. The summed E-state index contributed by atoms with van der Waals surface area (Å²) in [7, 11) is 0. The highest BCUT2D eigenvalue weighted by Gasteiger charge is 2.20. The van der Waals surface area contributed by atoms with E-state index >= 15 is 0 Å². The number of halogens is 1. The van der Waals surface area contributed by atoms with Crippen molar-refractivity contribution in [2.45, 2.75) is 38.5 Å². The van der Waals surface area contributed by atoms with E-state index in [4.69, 9.17) is 16.7 Å². The zero-order chi connectivity index (χ0) is 17.2. The lowest BCUT2D eigenvalue weighted by molar-refractivity contribution is -0.385. The monoisotopic (exact) mass is 342 g/mol. The average Bonchev–Trinajstić information content (AvgIpc) is 2.49. The number of benzene rings is 1. The first-order valence-corrected chi connectivity index (χ1v) is 7.73. The maximum Gasteiger partial charge on any atom is 0.303 e. The molecule has 0 aromatic heterocycles. The fraction of sp³-hybridized carbons (Fsp3) is 0.467. The summed E-state index contributed by atoms with van der Waals surface area (Å²) >= 11 is 5.70. The summed E-state index contributed by atoms with van der Waals surface area (Å²) in [6.07, 6.45) is 4.16. The van der Waals surface area contributed by atoms with Crippen LogP contribution in [0.25, 0.3) is 0 Å². The molecule has 0 spiro atoms. The minimum absolute atomic E-state index is 0.0131. The Kier molecular flexibility index (Phi) is 8.04. The van der Waals surface area contributed by atoms with Gasteiger partial charge < -0.3 is 10.4 Å². The Morgan fingerprint density at radius 3 is 2.48 bits per heavy atom. The lowest BCUT2D eigenvalue weighted by atomic mass is 10.1. The molecule has 1 aromatic carbocycles. The first-order chi connectivity index (χ1) is 10.9. The Balaban J connectivity index is 2.32. The highest BCUT2D eigenvalue weighted by molar-refractivity contribution is 6.31. The zero-order valence-corrected chi connectivity index (χ0v) is 13.3. The molecule has 0 saturated heterocycles. The van der Waals surface area contributed by atoms with Gasteiger partial charge in [-0.05, 0) is 25.0 Å². The van der Waals surface area contributed by atoms with E-state index in [9.17, 15) is 19.7 Å². The summed E-state index contributed by atoms with van der Waals surface area (Å²) in [6, 6.07) is 3.92. The number of rotatable bonds is 10. The first kappa shape index (κ1) is 18.9. The van der Waals surface area contributed by atoms with Crippen LogP contribution in [0, 0.1) is 10.1 Å². The van der Waals surface area contributed by atoms with Gasteiger partial charge in [-0.2, -0.15) is 0 Å². The van der Waals surface area contributed by atoms with Crippen LogP contribution in [0.4, 0.5) is 5.69 Å². The van der Waals surface area contributed by atoms with Crippen LogP contribution in [0.3, 0.4) is 0 Å². The number of nitro benzene ring substituents is 1. The van der Waals surface area contributed by atoms with Gasteiger partial charge in [-0.15, -0.1) is 0 Å². The van der Waals surface area contributed by atoms with Crippen molar-refractivity contribution < 1.29 is 19.6 Å². The van der Waals surface area contributed by atoms with E-state index in [-0.39, 0.29) is 22.7 Å². The number of nitro groups is 1. The van der Waals surface area contributed by atoms with Gasteiger partial charge in [0.2, 0.25) is 0 Å². The van der Waals surface area contributed by atoms with Gasteiger partial charge in [0.1, 0.15) is 5.56 Å². The van der Waals surface area contributed by atoms with Crippen LogP contribution >= 0.6 is 11.6 Å². The lowest BCUT2D eigenvalue weighted by Gasteiger charge is -2.06. The van der Waals surface area contributed by atoms with Gasteiger partial charge in [0.05, 0.1) is 4.92 Å². The van der Waals surface area contributed by atoms with Crippen molar-refractivity contribution in [2.75, 3.05) is 6.54 Å². The Bertz CT molecular complexity index is 577. The van der Waals surface area contributed by atoms with Crippen molar-refractivity contribution in [2.24, 2.45) is 0 Å². The largest absolute Gasteiger partial charge is 0.481 e. The molecular weight excluding hydrogens is 324 g/mol. The van der Waals surface area contributed by atoms with E-state index in [1.807, 2.05) is 0 Å². The number of hydrogen-bond donors (Lipinski definition) is 2. The number of amides is 1. The molecule has 2 N–H and O–H groups in total. The Morgan fingerprint density at radius 2 is 1.83 bits per heavy atom. The number of carbonyl (C=O) groups is 2. The van der Waals surface area contributed by atoms with Crippen LogP contribution in [-0.4, -0.2) is 28.5 Å². The van der Waals surface area contributed by atoms with Crippen molar-refractivity contribution >= 4 is 29.2 Å². The third-order valence-corrected chi connectivity index (χ3v) is 3.49. The van der Waals surface area contributed by atoms with E-state index in [1.165, 1.54) is 12.1 Å². The Labute approximate surface area is 138 Å². The molecule has 0 aliphatic carbocycles. The van der Waals surface area contributed by atoms with Gasteiger partial charge in [0, 0.05) is 24.1 Å². The van der Waals surface area contributed by atoms with E-state index in [2.05, 4.69) is 5.32 Å². The quantitative estimate of drug-likeness (QED) is 0.384. The molecule has 0 heterocycles. The molecule has 126 valence electrons. The molecule has 0 unspecified atom stereocenters. The van der Waals surface area contributed by atoms with Gasteiger partial charge in [0.15, 0.2) is 0 Å². The first-order valence-electron chi connectivity index (χ1n) is 7.35. The van der Waals surface area contributed by atoms with E-state index in [0.29, 0.717) is 13.0 Å². The topological polar surface area (TPSA) is 110 Å². The molecule has 1 amide bonds. The molecule has 1 rings (SSSR count). The van der Waals surface area contributed by atoms with Gasteiger partial charge in [-0.25, -0.2) is 0 Å². The Morgan fingerprint density at radius 1 is 1.17 bits per heavy atom. The predicted octanol–water partition coefficient (Wildman–Crippen LogP) is 3.40. The molecule has 0 fully saturated rings. The minimum Gasteiger partial charge on any atom is -0.481 e. The van der Waals surface area contributed by atoms with Gasteiger partial charge in [0.25, 0.3) is 11.6 Å². The van der Waals surface area contributed by atoms with E-state index in [1.54, 1.807) is 0 Å². The average molecular weight is 343 g/mol. The molecule has 0 atom stereocenters. The van der Waals surface area contributed by atoms with Crippen molar-refractivity contribution in [3.8, 4) is 0 Å².